The maximum atomic E-state index is 13.8. The first-order valence-electron chi connectivity index (χ1n) is 11.0. The number of pyridine rings is 1. The summed E-state index contributed by atoms with van der Waals surface area (Å²) < 4.78 is 26.8. The molecule has 1 amide bonds. The van der Waals surface area contributed by atoms with E-state index in [-0.39, 0.29) is 35.9 Å². The Labute approximate surface area is 186 Å². The number of halogens is 2. The monoisotopic (exact) mass is 436 g/mol. The van der Waals surface area contributed by atoms with Gasteiger partial charge < -0.3 is 5.32 Å². The number of carbonyl (C=O) groups excluding carboxylic acids is 2. The molecule has 1 heterocycles. The Morgan fingerprint density at radius 3 is 2.41 bits per heavy atom. The molecule has 0 bridgehead atoms. The third-order valence-electron chi connectivity index (χ3n) is 6.66. The third-order valence-corrected chi connectivity index (χ3v) is 6.66. The Morgan fingerprint density at radius 1 is 1.00 bits per heavy atom. The maximum Gasteiger partial charge on any atom is 0.223 e. The van der Waals surface area contributed by atoms with Crippen molar-refractivity contribution in [2.24, 2.45) is 11.8 Å². The van der Waals surface area contributed by atoms with Crippen LogP contribution in [0.15, 0.2) is 54.7 Å². The van der Waals surface area contributed by atoms with Crippen LogP contribution in [-0.2, 0) is 4.79 Å². The SMILES string of the molecule is C[C@@H](C(=O)NCC(=O)c1ccc(F)cc1)C1CCC(c2ccnc3ccc(F)cc23)CC1. The van der Waals surface area contributed by atoms with Crippen molar-refractivity contribution in [1.29, 1.82) is 0 Å². The number of benzene rings is 2. The van der Waals surface area contributed by atoms with Crippen LogP contribution in [0.4, 0.5) is 8.78 Å². The highest BCUT2D eigenvalue weighted by molar-refractivity contribution is 5.99. The quantitative estimate of drug-likeness (QED) is 0.525. The average molecular weight is 437 g/mol. The van der Waals surface area contributed by atoms with Crippen molar-refractivity contribution in [3.05, 3.63) is 77.5 Å². The van der Waals surface area contributed by atoms with E-state index in [4.69, 9.17) is 0 Å². The van der Waals surface area contributed by atoms with Crippen LogP contribution in [-0.4, -0.2) is 23.2 Å². The van der Waals surface area contributed by atoms with Crippen molar-refractivity contribution in [1.82, 2.24) is 10.3 Å². The van der Waals surface area contributed by atoms with Gasteiger partial charge in [-0.1, -0.05) is 6.92 Å². The van der Waals surface area contributed by atoms with Crippen LogP contribution in [0, 0.1) is 23.5 Å². The van der Waals surface area contributed by atoms with E-state index in [9.17, 15) is 18.4 Å². The highest BCUT2D eigenvalue weighted by atomic mass is 19.1. The van der Waals surface area contributed by atoms with Crippen LogP contribution >= 0.6 is 0 Å². The van der Waals surface area contributed by atoms with Gasteiger partial charge in [-0.15, -0.1) is 0 Å². The van der Waals surface area contributed by atoms with Crippen LogP contribution in [0.25, 0.3) is 10.9 Å². The van der Waals surface area contributed by atoms with Gasteiger partial charge in [0.1, 0.15) is 11.6 Å². The number of fused-ring (bicyclic) bond motifs is 1. The maximum absolute atomic E-state index is 13.8. The minimum absolute atomic E-state index is 0.0985. The molecular weight excluding hydrogens is 410 g/mol. The first-order valence-corrected chi connectivity index (χ1v) is 11.0. The molecule has 32 heavy (non-hydrogen) atoms. The molecule has 1 aliphatic rings. The normalized spacial score (nSPS) is 19.5. The first kappa shape index (κ1) is 22.1. The van der Waals surface area contributed by atoms with Gasteiger partial charge in [0, 0.05) is 23.1 Å². The number of hydrogen-bond donors (Lipinski definition) is 1. The van der Waals surface area contributed by atoms with Gasteiger partial charge in [0.05, 0.1) is 12.1 Å². The van der Waals surface area contributed by atoms with Crippen molar-refractivity contribution >= 4 is 22.6 Å². The number of amides is 1. The van der Waals surface area contributed by atoms with Crippen molar-refractivity contribution in [2.45, 2.75) is 38.5 Å². The Kier molecular flexibility index (Phi) is 6.58. The summed E-state index contributed by atoms with van der Waals surface area (Å²) in [6.45, 7) is 1.80. The van der Waals surface area contributed by atoms with Gasteiger partial charge in [0.15, 0.2) is 5.78 Å². The third kappa shape index (κ3) is 4.85. The van der Waals surface area contributed by atoms with Crippen molar-refractivity contribution in [2.75, 3.05) is 6.54 Å². The molecule has 1 atom stereocenters. The summed E-state index contributed by atoms with van der Waals surface area (Å²) in [5.41, 5.74) is 2.29. The Bertz CT molecular complexity index is 1120. The van der Waals surface area contributed by atoms with Crippen LogP contribution in [0.5, 0.6) is 0 Å². The molecule has 4 rings (SSSR count). The molecule has 1 fully saturated rings. The van der Waals surface area contributed by atoms with Gasteiger partial charge in [0.25, 0.3) is 0 Å². The molecule has 6 heteroatoms. The van der Waals surface area contributed by atoms with E-state index >= 15 is 0 Å². The summed E-state index contributed by atoms with van der Waals surface area (Å²) in [7, 11) is 0. The highest BCUT2D eigenvalue weighted by Gasteiger charge is 2.30. The van der Waals surface area contributed by atoms with E-state index in [2.05, 4.69) is 10.3 Å². The predicted octanol–water partition coefficient (Wildman–Crippen LogP) is 5.42. The topological polar surface area (TPSA) is 59.1 Å². The molecule has 166 valence electrons. The lowest BCUT2D eigenvalue weighted by Crippen LogP contribution is -2.37. The summed E-state index contributed by atoms with van der Waals surface area (Å²) in [6, 6.07) is 12.0. The zero-order valence-corrected chi connectivity index (χ0v) is 18.0. The Balaban J connectivity index is 1.33. The smallest absolute Gasteiger partial charge is 0.223 e. The Morgan fingerprint density at radius 2 is 1.69 bits per heavy atom. The fourth-order valence-electron chi connectivity index (χ4n) is 4.71. The molecule has 0 radical (unpaired) electrons. The van der Waals surface area contributed by atoms with Crippen LogP contribution in [0.2, 0.25) is 0 Å². The molecule has 0 unspecified atom stereocenters. The average Bonchev–Trinajstić information content (AvgIpc) is 2.82. The summed E-state index contributed by atoms with van der Waals surface area (Å²) in [6.07, 6.45) is 5.41. The zero-order chi connectivity index (χ0) is 22.7. The molecule has 0 aliphatic heterocycles. The lowest BCUT2D eigenvalue weighted by Gasteiger charge is -2.32. The molecular formula is C26H26F2N2O2. The van der Waals surface area contributed by atoms with E-state index in [0.717, 1.165) is 42.1 Å². The van der Waals surface area contributed by atoms with Crippen molar-refractivity contribution < 1.29 is 18.4 Å². The van der Waals surface area contributed by atoms with Gasteiger partial charge in [-0.3, -0.25) is 14.6 Å². The molecule has 1 saturated carbocycles. The van der Waals surface area contributed by atoms with E-state index in [1.807, 2.05) is 13.0 Å². The second-order valence-corrected chi connectivity index (χ2v) is 8.61. The minimum atomic E-state index is -0.403. The van der Waals surface area contributed by atoms with E-state index in [1.165, 1.54) is 30.3 Å². The number of nitrogens with one attached hydrogen (secondary N) is 1. The molecule has 2 aromatic carbocycles. The molecule has 0 saturated heterocycles. The van der Waals surface area contributed by atoms with Gasteiger partial charge >= 0.3 is 0 Å². The number of hydrogen-bond acceptors (Lipinski definition) is 3. The van der Waals surface area contributed by atoms with E-state index in [1.54, 1.807) is 18.3 Å². The molecule has 4 nitrogen and oxygen atoms in total. The zero-order valence-electron chi connectivity index (χ0n) is 18.0. The van der Waals surface area contributed by atoms with Gasteiger partial charge in [-0.2, -0.15) is 0 Å². The Hall–Kier alpha value is -3.15. The number of aromatic nitrogens is 1. The lowest BCUT2D eigenvalue weighted by molar-refractivity contribution is -0.126. The fourth-order valence-corrected chi connectivity index (χ4v) is 4.71. The standard InChI is InChI=1S/C26H26F2N2O2/c1-16(26(32)30-15-25(31)19-6-8-20(27)9-7-19)17-2-4-18(5-3-17)22-12-13-29-24-11-10-21(28)14-23(22)24/h6-14,16-18H,2-5,15H2,1H3,(H,30,32)/t16-,17?,18?/m1/s1. The number of ketones is 1. The highest BCUT2D eigenvalue weighted by Crippen LogP contribution is 2.40. The summed E-state index contributed by atoms with van der Waals surface area (Å²) in [5, 5.41) is 3.60. The van der Waals surface area contributed by atoms with Crippen LogP contribution in [0.3, 0.4) is 0 Å². The van der Waals surface area contributed by atoms with Gasteiger partial charge in [-0.25, -0.2) is 8.78 Å². The molecule has 0 spiro atoms. The first-order chi connectivity index (χ1) is 15.4. The number of carbonyl (C=O) groups is 2. The van der Waals surface area contributed by atoms with E-state index in [0.29, 0.717) is 11.5 Å². The summed E-state index contributed by atoms with van der Waals surface area (Å²) >= 11 is 0. The molecule has 1 aliphatic carbocycles. The van der Waals surface area contributed by atoms with Crippen LogP contribution < -0.4 is 5.32 Å². The number of Topliss-reactive ketones (excluding diaryl/α,β-unsaturated/α-hetero) is 1. The largest absolute Gasteiger partial charge is 0.348 e. The minimum Gasteiger partial charge on any atom is -0.348 e. The number of nitrogens with zero attached hydrogens (tertiary/aromatic N) is 1. The van der Waals surface area contributed by atoms with Gasteiger partial charge in [-0.05, 0) is 91.6 Å². The second kappa shape index (κ2) is 9.55. The van der Waals surface area contributed by atoms with E-state index < -0.39 is 5.82 Å². The van der Waals surface area contributed by atoms with Gasteiger partial charge in [0.2, 0.25) is 5.91 Å². The second-order valence-electron chi connectivity index (χ2n) is 8.61. The molecule has 1 N–H and O–H groups in total. The fraction of sp³-hybridized carbons (Fsp3) is 0.346. The lowest BCUT2D eigenvalue weighted by atomic mass is 9.73. The summed E-state index contributed by atoms with van der Waals surface area (Å²) in [4.78, 5) is 29.2. The predicted molar refractivity (Wildman–Crippen MR) is 119 cm³/mol. The molecule has 3 aromatic rings. The van der Waals surface area contributed by atoms with Crippen LogP contribution in [0.1, 0.15) is 54.4 Å². The summed E-state index contributed by atoms with van der Waals surface area (Å²) in [5.74, 6) is -0.707. The number of rotatable bonds is 6. The van der Waals surface area contributed by atoms with Crippen molar-refractivity contribution in [3.8, 4) is 0 Å². The van der Waals surface area contributed by atoms with Crippen molar-refractivity contribution in [3.63, 3.8) is 0 Å². The molecule has 1 aromatic heterocycles.